The second-order valence-corrected chi connectivity index (χ2v) is 6.58. The van der Waals surface area contributed by atoms with Gasteiger partial charge in [0.25, 0.3) is 0 Å². The predicted octanol–water partition coefficient (Wildman–Crippen LogP) is 1.43. The Kier molecular flexibility index (Phi) is 4.37. The highest BCUT2D eigenvalue weighted by molar-refractivity contribution is 5.81. The van der Waals surface area contributed by atoms with E-state index >= 15 is 0 Å². The van der Waals surface area contributed by atoms with E-state index in [4.69, 9.17) is 0 Å². The van der Waals surface area contributed by atoms with Crippen LogP contribution in [0.4, 0.5) is 0 Å². The van der Waals surface area contributed by atoms with Crippen molar-refractivity contribution in [2.75, 3.05) is 13.6 Å². The summed E-state index contributed by atoms with van der Waals surface area (Å²) in [5.74, 6) is -1.22. The Hall–Kier alpha value is -1.10. The fourth-order valence-corrected chi connectivity index (χ4v) is 3.39. The molecule has 4 unspecified atom stereocenters. The summed E-state index contributed by atoms with van der Waals surface area (Å²) in [5, 5.41) is 9.38. The summed E-state index contributed by atoms with van der Waals surface area (Å²) in [6.45, 7) is 6.48. The van der Waals surface area contributed by atoms with Gasteiger partial charge >= 0.3 is 5.97 Å². The third-order valence-electron chi connectivity index (χ3n) is 5.01. The number of amides is 1. The molecule has 0 aromatic carbocycles. The highest BCUT2D eigenvalue weighted by Gasteiger charge is 2.42. The van der Waals surface area contributed by atoms with Gasteiger partial charge in [0.05, 0.1) is 5.92 Å². The standard InChI is InChI=1S/C15H26N2O3/c1-9-7-13(18)17(11(3)14(9)15(19)20)8-10(2)16(4)12-5-6-12/h9-12,14H,5-8H2,1-4H3,(H,19,20). The maximum Gasteiger partial charge on any atom is 0.308 e. The minimum absolute atomic E-state index is 0.0808. The predicted molar refractivity (Wildman–Crippen MR) is 76.3 cm³/mol. The molecule has 2 rings (SSSR count). The number of carboxylic acids is 1. The summed E-state index contributed by atoms with van der Waals surface area (Å²) in [6.07, 6.45) is 2.82. The number of nitrogens with zero attached hydrogens (tertiary/aromatic N) is 2. The van der Waals surface area contributed by atoms with E-state index in [-0.39, 0.29) is 23.9 Å². The molecule has 4 atom stereocenters. The number of carbonyl (C=O) groups is 2. The van der Waals surface area contributed by atoms with Crippen molar-refractivity contribution < 1.29 is 14.7 Å². The number of hydrogen-bond acceptors (Lipinski definition) is 3. The van der Waals surface area contributed by atoms with E-state index in [0.29, 0.717) is 19.0 Å². The second-order valence-electron chi connectivity index (χ2n) is 6.58. The Morgan fingerprint density at radius 2 is 2.05 bits per heavy atom. The third kappa shape index (κ3) is 2.97. The molecule has 1 aliphatic carbocycles. The van der Waals surface area contributed by atoms with Crippen LogP contribution < -0.4 is 0 Å². The number of carbonyl (C=O) groups excluding carboxylic acids is 1. The first-order valence-corrected chi connectivity index (χ1v) is 7.57. The lowest BCUT2D eigenvalue weighted by atomic mass is 9.81. The maximum absolute atomic E-state index is 12.2. The Morgan fingerprint density at radius 3 is 2.55 bits per heavy atom. The Morgan fingerprint density at radius 1 is 1.45 bits per heavy atom. The first-order valence-electron chi connectivity index (χ1n) is 7.57. The lowest BCUT2D eigenvalue weighted by Gasteiger charge is -2.43. The molecule has 1 saturated heterocycles. The van der Waals surface area contributed by atoms with Gasteiger partial charge in [-0.2, -0.15) is 0 Å². The quantitative estimate of drug-likeness (QED) is 0.828. The molecule has 1 N–H and O–H groups in total. The van der Waals surface area contributed by atoms with Gasteiger partial charge in [0.15, 0.2) is 0 Å². The minimum Gasteiger partial charge on any atom is -0.481 e. The first-order chi connectivity index (χ1) is 9.32. The maximum atomic E-state index is 12.2. The van der Waals surface area contributed by atoms with Crippen molar-refractivity contribution in [1.82, 2.24) is 9.80 Å². The van der Waals surface area contributed by atoms with Gasteiger partial charge in [-0.3, -0.25) is 14.5 Å². The molecule has 114 valence electrons. The Balaban J connectivity index is 2.04. The minimum atomic E-state index is -0.786. The van der Waals surface area contributed by atoms with E-state index in [0.717, 1.165) is 0 Å². The molecule has 2 fully saturated rings. The van der Waals surface area contributed by atoms with Gasteiger partial charge in [-0.15, -0.1) is 0 Å². The van der Waals surface area contributed by atoms with E-state index in [9.17, 15) is 14.7 Å². The van der Waals surface area contributed by atoms with Gasteiger partial charge < -0.3 is 10.0 Å². The summed E-state index contributed by atoms with van der Waals surface area (Å²) >= 11 is 0. The second kappa shape index (κ2) is 5.72. The summed E-state index contributed by atoms with van der Waals surface area (Å²) in [4.78, 5) is 27.8. The molecule has 0 aromatic heterocycles. The molecule has 2 aliphatic rings. The molecule has 5 nitrogen and oxygen atoms in total. The molecule has 1 saturated carbocycles. The van der Waals surface area contributed by atoms with Crippen LogP contribution in [0.1, 0.15) is 40.0 Å². The summed E-state index contributed by atoms with van der Waals surface area (Å²) in [5.41, 5.74) is 0. The summed E-state index contributed by atoms with van der Waals surface area (Å²) in [7, 11) is 2.10. The van der Waals surface area contributed by atoms with Crippen molar-refractivity contribution in [3.05, 3.63) is 0 Å². The van der Waals surface area contributed by atoms with Crippen LogP contribution in [-0.4, -0.2) is 58.5 Å². The van der Waals surface area contributed by atoms with Gasteiger partial charge in [-0.1, -0.05) is 6.92 Å². The number of likely N-dealkylation sites (tertiary alicyclic amines) is 1. The van der Waals surface area contributed by atoms with Crippen LogP contribution >= 0.6 is 0 Å². The molecule has 1 aliphatic heterocycles. The molecular formula is C15H26N2O3. The fraction of sp³-hybridized carbons (Fsp3) is 0.867. The van der Waals surface area contributed by atoms with Crippen LogP contribution in [0.5, 0.6) is 0 Å². The number of aliphatic carboxylic acids is 1. The number of hydrogen-bond donors (Lipinski definition) is 1. The van der Waals surface area contributed by atoms with Gasteiger partial charge in [-0.25, -0.2) is 0 Å². The number of piperidine rings is 1. The fourth-order valence-electron chi connectivity index (χ4n) is 3.39. The van der Waals surface area contributed by atoms with Crippen LogP contribution in [0.2, 0.25) is 0 Å². The Bertz CT molecular complexity index is 395. The average molecular weight is 282 g/mol. The number of likely N-dealkylation sites (N-methyl/N-ethyl adjacent to an activating group) is 1. The van der Waals surface area contributed by atoms with Crippen molar-refractivity contribution in [2.24, 2.45) is 11.8 Å². The molecule has 5 heteroatoms. The van der Waals surface area contributed by atoms with Crippen LogP contribution in [0, 0.1) is 11.8 Å². The molecule has 1 heterocycles. The SMILES string of the molecule is CC1CC(=O)N(CC(C)N(C)C2CC2)C(C)C1C(=O)O. The molecular weight excluding hydrogens is 256 g/mol. The lowest BCUT2D eigenvalue weighted by Crippen LogP contribution is -2.56. The van der Waals surface area contributed by atoms with Crippen molar-refractivity contribution in [3.8, 4) is 0 Å². The third-order valence-corrected chi connectivity index (χ3v) is 5.01. The lowest BCUT2D eigenvalue weighted by molar-refractivity contribution is -0.155. The monoisotopic (exact) mass is 282 g/mol. The zero-order valence-corrected chi connectivity index (χ0v) is 12.9. The van der Waals surface area contributed by atoms with Gasteiger partial charge in [0.1, 0.15) is 0 Å². The number of carboxylic acid groups (broad SMARTS) is 1. The van der Waals surface area contributed by atoms with Crippen LogP contribution in [0.25, 0.3) is 0 Å². The van der Waals surface area contributed by atoms with E-state index < -0.39 is 11.9 Å². The van der Waals surface area contributed by atoms with Crippen molar-refractivity contribution in [2.45, 2.75) is 58.2 Å². The molecule has 0 aromatic rings. The van der Waals surface area contributed by atoms with E-state index in [1.54, 1.807) is 4.90 Å². The van der Waals surface area contributed by atoms with E-state index in [1.807, 2.05) is 13.8 Å². The van der Waals surface area contributed by atoms with Gasteiger partial charge in [-0.05, 0) is 39.7 Å². The van der Waals surface area contributed by atoms with Crippen molar-refractivity contribution in [1.29, 1.82) is 0 Å². The van der Waals surface area contributed by atoms with Crippen LogP contribution in [-0.2, 0) is 9.59 Å². The van der Waals surface area contributed by atoms with Crippen LogP contribution in [0.3, 0.4) is 0 Å². The average Bonchev–Trinajstić information content (AvgIpc) is 3.16. The molecule has 20 heavy (non-hydrogen) atoms. The molecule has 0 bridgehead atoms. The van der Waals surface area contributed by atoms with E-state index in [1.165, 1.54) is 12.8 Å². The highest BCUT2D eigenvalue weighted by atomic mass is 16.4. The van der Waals surface area contributed by atoms with Crippen molar-refractivity contribution >= 4 is 11.9 Å². The van der Waals surface area contributed by atoms with Crippen molar-refractivity contribution in [3.63, 3.8) is 0 Å². The normalized spacial score (nSPS) is 32.5. The summed E-state index contributed by atoms with van der Waals surface area (Å²) < 4.78 is 0. The molecule has 0 radical (unpaired) electrons. The summed E-state index contributed by atoms with van der Waals surface area (Å²) in [6, 6.07) is 0.699. The highest BCUT2D eigenvalue weighted by Crippen LogP contribution is 2.32. The first kappa shape index (κ1) is 15.3. The largest absolute Gasteiger partial charge is 0.481 e. The smallest absolute Gasteiger partial charge is 0.308 e. The van der Waals surface area contributed by atoms with E-state index in [2.05, 4.69) is 18.9 Å². The van der Waals surface area contributed by atoms with Crippen LogP contribution in [0.15, 0.2) is 0 Å². The molecule has 0 spiro atoms. The zero-order valence-electron chi connectivity index (χ0n) is 12.9. The zero-order chi connectivity index (χ0) is 15.0. The Labute approximate surface area is 120 Å². The van der Waals surface area contributed by atoms with Gasteiger partial charge in [0, 0.05) is 31.1 Å². The topological polar surface area (TPSA) is 60.9 Å². The molecule has 1 amide bonds. The number of rotatable bonds is 5. The van der Waals surface area contributed by atoms with Gasteiger partial charge in [0.2, 0.25) is 5.91 Å².